The second-order valence-electron chi connectivity index (χ2n) is 5.67. The molecule has 0 atom stereocenters. The lowest BCUT2D eigenvalue weighted by molar-refractivity contribution is 0.373. The first-order valence-electron chi connectivity index (χ1n) is 7.00. The molecule has 0 saturated heterocycles. The van der Waals surface area contributed by atoms with E-state index in [1.807, 2.05) is 6.07 Å². The van der Waals surface area contributed by atoms with Crippen LogP contribution in [0.2, 0.25) is 0 Å². The fraction of sp³-hybridized carbons (Fsp3) is 0.294. The van der Waals surface area contributed by atoms with E-state index in [9.17, 15) is 4.39 Å². The molecule has 3 rings (SSSR count). The smallest absolute Gasteiger partial charge is 0.123 e. The van der Waals surface area contributed by atoms with Gasteiger partial charge in [-0.15, -0.1) is 0 Å². The van der Waals surface area contributed by atoms with Crippen LogP contribution in [0.5, 0.6) is 0 Å². The van der Waals surface area contributed by atoms with Crippen LogP contribution in [-0.4, -0.2) is 6.04 Å². The van der Waals surface area contributed by atoms with Crippen molar-refractivity contribution in [2.45, 2.75) is 31.7 Å². The van der Waals surface area contributed by atoms with Gasteiger partial charge in [0.15, 0.2) is 0 Å². The van der Waals surface area contributed by atoms with Crippen LogP contribution >= 0.6 is 31.9 Å². The molecule has 1 N–H and O–H groups in total. The van der Waals surface area contributed by atoms with Crippen molar-refractivity contribution in [2.24, 2.45) is 0 Å². The molecule has 0 unspecified atom stereocenters. The lowest BCUT2D eigenvalue weighted by atomic mass is 9.76. The number of hydrogen-bond acceptors (Lipinski definition) is 1. The van der Waals surface area contributed by atoms with E-state index in [0.717, 1.165) is 33.0 Å². The second-order valence-corrected chi connectivity index (χ2v) is 7.38. The molecule has 1 aliphatic carbocycles. The molecule has 2 aromatic rings. The van der Waals surface area contributed by atoms with E-state index in [1.54, 1.807) is 12.1 Å². The minimum atomic E-state index is -0.145. The molecule has 1 aliphatic rings. The maximum absolute atomic E-state index is 13.2. The lowest BCUT2D eigenvalue weighted by Gasteiger charge is -2.37. The summed E-state index contributed by atoms with van der Waals surface area (Å²) in [5.74, 6) is 0.314. The van der Waals surface area contributed by atoms with Crippen LogP contribution in [0.15, 0.2) is 45.3 Å². The van der Waals surface area contributed by atoms with E-state index in [1.165, 1.54) is 11.6 Å². The van der Waals surface area contributed by atoms with Crippen molar-refractivity contribution in [3.63, 3.8) is 0 Å². The van der Waals surface area contributed by atoms with Gasteiger partial charge in [0, 0.05) is 15.0 Å². The van der Waals surface area contributed by atoms with E-state index in [-0.39, 0.29) is 5.82 Å². The minimum absolute atomic E-state index is 0.145. The van der Waals surface area contributed by atoms with E-state index in [4.69, 9.17) is 0 Å². The molecule has 0 amide bonds. The quantitative estimate of drug-likeness (QED) is 0.650. The summed E-state index contributed by atoms with van der Waals surface area (Å²) in [6.45, 7) is 2.07. The fourth-order valence-corrected chi connectivity index (χ4v) is 4.45. The molecule has 1 saturated carbocycles. The van der Waals surface area contributed by atoms with Gasteiger partial charge >= 0.3 is 0 Å². The zero-order chi connectivity index (χ0) is 15.0. The monoisotopic (exact) mass is 411 g/mol. The largest absolute Gasteiger partial charge is 0.380 e. The van der Waals surface area contributed by atoms with Crippen molar-refractivity contribution in [1.29, 1.82) is 0 Å². The molecular formula is C17H16Br2FN. The highest BCUT2D eigenvalue weighted by Crippen LogP contribution is 2.41. The Bertz CT molecular complexity index is 643. The summed E-state index contributed by atoms with van der Waals surface area (Å²) in [4.78, 5) is 0. The third kappa shape index (κ3) is 3.32. The second kappa shape index (κ2) is 6.09. The Morgan fingerprint density at radius 3 is 2.38 bits per heavy atom. The van der Waals surface area contributed by atoms with Crippen molar-refractivity contribution in [3.05, 3.63) is 62.3 Å². The number of rotatable bonds is 3. The Morgan fingerprint density at radius 2 is 1.76 bits per heavy atom. The molecule has 21 heavy (non-hydrogen) atoms. The number of benzene rings is 2. The summed E-state index contributed by atoms with van der Waals surface area (Å²) in [6, 6.07) is 11.6. The Balaban J connectivity index is 1.65. The van der Waals surface area contributed by atoms with Crippen molar-refractivity contribution < 1.29 is 4.39 Å². The number of anilines is 1. The predicted octanol–water partition coefficient (Wildman–Crippen LogP) is 6.02. The van der Waals surface area contributed by atoms with Crippen LogP contribution in [0.1, 0.15) is 29.9 Å². The van der Waals surface area contributed by atoms with Gasteiger partial charge in [0.2, 0.25) is 0 Å². The molecule has 0 heterocycles. The summed E-state index contributed by atoms with van der Waals surface area (Å²) >= 11 is 7.21. The molecule has 0 spiro atoms. The number of hydrogen-bond donors (Lipinski definition) is 1. The van der Waals surface area contributed by atoms with Crippen LogP contribution in [0.4, 0.5) is 10.1 Å². The third-order valence-corrected chi connectivity index (χ3v) is 5.24. The molecule has 0 bridgehead atoms. The van der Waals surface area contributed by atoms with Crippen molar-refractivity contribution in [1.82, 2.24) is 0 Å². The maximum atomic E-state index is 13.2. The summed E-state index contributed by atoms with van der Waals surface area (Å²) in [6.07, 6.45) is 2.08. The van der Waals surface area contributed by atoms with Gasteiger partial charge in [-0.3, -0.25) is 0 Å². The number of halogens is 3. The SMILES string of the molecule is Cc1cc(Br)c(NC2CC(c3cccc(F)c3)C2)c(Br)c1. The highest BCUT2D eigenvalue weighted by molar-refractivity contribution is 9.11. The van der Waals surface area contributed by atoms with Crippen molar-refractivity contribution in [2.75, 3.05) is 5.32 Å². The molecule has 0 aliphatic heterocycles. The molecule has 0 aromatic heterocycles. The normalized spacial score (nSPS) is 21.0. The van der Waals surface area contributed by atoms with E-state index >= 15 is 0 Å². The van der Waals surface area contributed by atoms with Gasteiger partial charge in [0.25, 0.3) is 0 Å². The van der Waals surface area contributed by atoms with Crippen molar-refractivity contribution in [3.8, 4) is 0 Å². The molecule has 0 radical (unpaired) electrons. The third-order valence-electron chi connectivity index (χ3n) is 3.99. The van der Waals surface area contributed by atoms with Gasteiger partial charge in [0.1, 0.15) is 5.82 Å². The van der Waals surface area contributed by atoms with Crippen LogP contribution in [-0.2, 0) is 0 Å². The lowest BCUT2D eigenvalue weighted by Crippen LogP contribution is -2.34. The summed E-state index contributed by atoms with van der Waals surface area (Å²) in [7, 11) is 0. The Morgan fingerprint density at radius 1 is 1.10 bits per heavy atom. The summed E-state index contributed by atoms with van der Waals surface area (Å²) in [5.41, 5.74) is 3.42. The minimum Gasteiger partial charge on any atom is -0.380 e. The Labute approximate surface area is 141 Å². The first-order chi connectivity index (χ1) is 10.0. The van der Waals surface area contributed by atoms with Crippen molar-refractivity contribution >= 4 is 37.5 Å². The summed E-state index contributed by atoms with van der Waals surface area (Å²) in [5, 5.41) is 3.57. The average molecular weight is 413 g/mol. The van der Waals surface area contributed by atoms with E-state index < -0.39 is 0 Å². The van der Waals surface area contributed by atoms with Gasteiger partial charge in [-0.2, -0.15) is 0 Å². The standard InChI is InChI=1S/C17H16Br2FN/c1-10-5-15(18)17(16(19)6-10)21-14-8-12(9-14)11-3-2-4-13(20)7-11/h2-7,12,14,21H,8-9H2,1H3. The number of aryl methyl sites for hydroxylation is 1. The van der Waals surface area contributed by atoms with Gasteiger partial charge in [-0.1, -0.05) is 12.1 Å². The zero-order valence-electron chi connectivity index (χ0n) is 11.7. The van der Waals surface area contributed by atoms with Gasteiger partial charge in [0.05, 0.1) is 5.69 Å². The summed E-state index contributed by atoms with van der Waals surface area (Å²) < 4.78 is 15.4. The number of nitrogens with one attached hydrogen (secondary N) is 1. The molecular weight excluding hydrogens is 397 g/mol. The molecule has 4 heteroatoms. The molecule has 1 nitrogen and oxygen atoms in total. The van der Waals surface area contributed by atoms with E-state index in [2.05, 4.69) is 56.2 Å². The van der Waals surface area contributed by atoms with Gasteiger partial charge in [-0.05, 0) is 92.9 Å². The van der Waals surface area contributed by atoms with E-state index in [0.29, 0.717) is 12.0 Å². The fourth-order valence-electron chi connectivity index (χ4n) is 2.81. The molecule has 1 fully saturated rings. The van der Waals surface area contributed by atoms with Gasteiger partial charge < -0.3 is 5.32 Å². The van der Waals surface area contributed by atoms with Crippen LogP contribution in [0.3, 0.4) is 0 Å². The Hall–Kier alpha value is -0.870. The maximum Gasteiger partial charge on any atom is 0.123 e. The highest BCUT2D eigenvalue weighted by Gasteiger charge is 2.31. The molecule has 2 aromatic carbocycles. The van der Waals surface area contributed by atoms with Crippen LogP contribution in [0.25, 0.3) is 0 Å². The van der Waals surface area contributed by atoms with Crippen LogP contribution < -0.4 is 5.32 Å². The highest BCUT2D eigenvalue weighted by atomic mass is 79.9. The zero-order valence-corrected chi connectivity index (χ0v) is 14.8. The first kappa shape index (κ1) is 15.0. The topological polar surface area (TPSA) is 12.0 Å². The average Bonchev–Trinajstić information content (AvgIpc) is 2.35. The van der Waals surface area contributed by atoms with Gasteiger partial charge in [-0.25, -0.2) is 4.39 Å². The van der Waals surface area contributed by atoms with Crippen LogP contribution in [0, 0.1) is 12.7 Å². The first-order valence-corrected chi connectivity index (χ1v) is 8.59. The Kier molecular flexibility index (Phi) is 4.36. The molecule has 110 valence electrons. The predicted molar refractivity (Wildman–Crippen MR) is 92.4 cm³/mol.